The second-order valence-corrected chi connectivity index (χ2v) is 23.4. The van der Waals surface area contributed by atoms with Crippen LogP contribution in [0.25, 0.3) is 0 Å². The van der Waals surface area contributed by atoms with E-state index in [-0.39, 0.29) is 33.5 Å². The maximum Gasteiger partial charge on any atom is 0.410 e. The predicted octanol–water partition coefficient (Wildman–Crippen LogP) is 8.36. The fourth-order valence-electron chi connectivity index (χ4n) is 7.34. The molecule has 2 fully saturated rings. The third-order valence-corrected chi connectivity index (χ3v) is 13.2. The molecule has 2 aromatic rings. The molecule has 0 aromatic heterocycles. The van der Waals surface area contributed by atoms with Gasteiger partial charge in [0.05, 0.1) is 26.2 Å². The Morgan fingerprint density at radius 1 is 0.632 bits per heavy atom. The van der Waals surface area contributed by atoms with E-state index in [9.17, 15) is 22.8 Å². The van der Waals surface area contributed by atoms with Crippen LogP contribution in [0.15, 0.2) is 52.9 Å². The minimum absolute atomic E-state index is 0.150. The number of amides is 2. The van der Waals surface area contributed by atoms with Crippen LogP contribution in [0.4, 0.5) is 9.59 Å². The lowest BCUT2D eigenvalue weighted by atomic mass is 9.74. The van der Waals surface area contributed by atoms with E-state index in [1.807, 2.05) is 119 Å². The molecule has 2 spiro atoms. The number of Topliss-reactive ketones (excluding diaryl/α,β-unsaturated/α-hetero) is 1. The summed E-state index contributed by atoms with van der Waals surface area (Å²) in [5.74, 6) is 0.256. The highest BCUT2D eigenvalue weighted by Gasteiger charge is 2.49. The molecule has 11 nitrogen and oxygen atoms in total. The van der Waals surface area contributed by atoms with Gasteiger partial charge in [0.25, 0.3) is 0 Å². The third-order valence-electron chi connectivity index (χ3n) is 10.6. The van der Waals surface area contributed by atoms with E-state index < -0.39 is 37.9 Å². The molecule has 57 heavy (non-hydrogen) atoms. The molecule has 2 heterocycles. The normalized spacial score (nSPS) is 20.4. The first-order chi connectivity index (χ1) is 26.2. The smallest absolute Gasteiger partial charge is 0.410 e. The predicted molar refractivity (Wildman–Crippen MR) is 230 cm³/mol. The minimum Gasteiger partial charge on any atom is -0.444 e. The molecule has 2 aliphatic carbocycles. The quantitative estimate of drug-likeness (QED) is 0.304. The Bertz CT molecular complexity index is 1870. The average molecular weight is 827 g/mol. The van der Waals surface area contributed by atoms with E-state index in [0.717, 1.165) is 60.9 Å². The molecule has 0 unspecified atom stereocenters. The summed E-state index contributed by atoms with van der Waals surface area (Å²) < 4.78 is 38.2. The van der Waals surface area contributed by atoms with E-state index in [0.29, 0.717) is 26.2 Å². The van der Waals surface area contributed by atoms with Crippen molar-refractivity contribution >= 4 is 45.7 Å². The number of ketones is 1. The van der Waals surface area contributed by atoms with Crippen molar-refractivity contribution in [2.75, 3.05) is 26.2 Å². The average Bonchev–Trinajstić information content (AvgIpc) is 3.53. The SMILES string of the molecule is CC(C)(C)OC(=O)N1CCC2(CC1)Cc1ccccc1C2=N[S@](=O)C(C)(C)C.CC(C)(C)OC(=O)N1CCC2(CC1)Cc1ccccc1C2=O.CC(C)(C)[S@](N)=O. The van der Waals surface area contributed by atoms with E-state index >= 15 is 0 Å². The van der Waals surface area contributed by atoms with Crippen molar-refractivity contribution in [3.63, 3.8) is 0 Å². The Balaban J connectivity index is 0.000000221. The number of likely N-dealkylation sites (tertiary alicyclic amines) is 2. The fourth-order valence-corrected chi connectivity index (χ4v) is 8.07. The number of carbonyl (C=O) groups is 3. The zero-order valence-electron chi connectivity index (χ0n) is 36.3. The van der Waals surface area contributed by atoms with Gasteiger partial charge in [0.15, 0.2) is 5.78 Å². The van der Waals surface area contributed by atoms with Gasteiger partial charge in [-0.3, -0.25) is 9.93 Å². The van der Waals surface area contributed by atoms with Crippen molar-refractivity contribution in [1.29, 1.82) is 0 Å². The van der Waals surface area contributed by atoms with Crippen LogP contribution < -0.4 is 5.14 Å². The molecule has 2 aromatic carbocycles. The highest BCUT2D eigenvalue weighted by Crippen LogP contribution is 2.46. The van der Waals surface area contributed by atoms with Gasteiger partial charge in [0.1, 0.15) is 22.2 Å². The number of rotatable bonds is 1. The first-order valence-electron chi connectivity index (χ1n) is 20.0. The lowest BCUT2D eigenvalue weighted by molar-refractivity contribution is 0.0112. The zero-order chi connectivity index (χ0) is 42.8. The molecule has 4 aliphatic rings. The van der Waals surface area contributed by atoms with Crippen LogP contribution in [0, 0.1) is 10.8 Å². The molecule has 13 heteroatoms. The van der Waals surface area contributed by atoms with Crippen LogP contribution in [0.1, 0.15) is 136 Å². The van der Waals surface area contributed by atoms with Crippen LogP contribution in [0.5, 0.6) is 0 Å². The van der Waals surface area contributed by atoms with Crippen LogP contribution >= 0.6 is 0 Å². The Hall–Kier alpha value is -3.42. The number of hydrogen-bond donors (Lipinski definition) is 1. The maximum absolute atomic E-state index is 12.8. The van der Waals surface area contributed by atoms with Gasteiger partial charge < -0.3 is 19.3 Å². The van der Waals surface area contributed by atoms with Crippen LogP contribution in [-0.4, -0.2) is 88.8 Å². The standard InChI is InChI=1S/C22H32N2O3S.C18H23NO3.C4H11NOS/c1-20(2,3)27-19(25)24-13-11-22(12-14-24)15-16-9-7-8-10-17(16)18(22)23-28(26)21(4,5)6;1-17(2,3)22-16(21)19-10-8-18(9-11-19)12-13-6-4-5-7-14(13)15(18)20;1-4(2,3)7(5)6/h7-10H,11-15H2,1-6H3;4-7H,8-12H2,1-3H3;5H2,1-3H3/t28-;;7-/m1.1/s1. The van der Waals surface area contributed by atoms with Crippen LogP contribution in [-0.2, 0) is 44.3 Å². The van der Waals surface area contributed by atoms with E-state index in [1.54, 1.807) is 9.80 Å². The Labute approximate surface area is 346 Å². The summed E-state index contributed by atoms with van der Waals surface area (Å²) in [6.07, 6.45) is 4.23. The molecule has 6 rings (SSSR count). The van der Waals surface area contributed by atoms with Crippen molar-refractivity contribution < 1.29 is 32.3 Å². The van der Waals surface area contributed by atoms with Crippen LogP contribution in [0.3, 0.4) is 0 Å². The molecule has 0 saturated carbocycles. The minimum atomic E-state index is -1.31. The number of fused-ring (bicyclic) bond motifs is 2. The molecule has 2 amide bonds. The molecule has 2 atom stereocenters. The summed E-state index contributed by atoms with van der Waals surface area (Å²) in [5, 5.41) is 5.04. The van der Waals surface area contributed by atoms with Crippen molar-refractivity contribution in [3.05, 3.63) is 70.8 Å². The maximum atomic E-state index is 12.8. The molecule has 2 N–H and O–H groups in total. The zero-order valence-corrected chi connectivity index (χ0v) is 37.9. The number of carbonyl (C=O) groups excluding carboxylic acids is 3. The summed E-state index contributed by atoms with van der Waals surface area (Å²) in [5.41, 5.74) is 3.93. The Morgan fingerprint density at radius 3 is 1.39 bits per heavy atom. The molecule has 2 saturated heterocycles. The van der Waals surface area contributed by atoms with Gasteiger partial charge in [-0.1, -0.05) is 48.5 Å². The number of benzene rings is 2. The van der Waals surface area contributed by atoms with Crippen LogP contribution in [0.2, 0.25) is 0 Å². The van der Waals surface area contributed by atoms with Gasteiger partial charge in [0.2, 0.25) is 0 Å². The third kappa shape index (κ3) is 11.8. The monoisotopic (exact) mass is 826 g/mol. The van der Waals surface area contributed by atoms with Crippen molar-refractivity contribution in [2.45, 2.75) is 142 Å². The largest absolute Gasteiger partial charge is 0.444 e. The van der Waals surface area contributed by atoms with Gasteiger partial charge in [-0.15, -0.1) is 0 Å². The van der Waals surface area contributed by atoms with Crippen molar-refractivity contribution in [2.24, 2.45) is 20.4 Å². The molecular weight excluding hydrogens is 761 g/mol. The topological polar surface area (TPSA) is 149 Å². The molecule has 316 valence electrons. The van der Waals surface area contributed by atoms with Gasteiger partial charge >= 0.3 is 12.2 Å². The second-order valence-electron chi connectivity index (χ2n) is 19.7. The number of nitrogens with two attached hydrogens (primary N) is 1. The number of ether oxygens (including phenoxy) is 2. The summed E-state index contributed by atoms with van der Waals surface area (Å²) in [6, 6.07) is 16.2. The van der Waals surface area contributed by atoms with E-state index in [4.69, 9.17) is 19.0 Å². The summed E-state index contributed by atoms with van der Waals surface area (Å²) in [6.45, 7) is 25.1. The summed E-state index contributed by atoms with van der Waals surface area (Å²) >= 11 is 0. The number of nitrogens with zero attached hydrogens (tertiary/aromatic N) is 3. The van der Waals surface area contributed by atoms with E-state index in [1.165, 1.54) is 5.56 Å². The van der Waals surface area contributed by atoms with Gasteiger partial charge in [-0.2, -0.15) is 4.40 Å². The Morgan fingerprint density at radius 2 is 1.00 bits per heavy atom. The second kappa shape index (κ2) is 17.4. The van der Waals surface area contributed by atoms with E-state index in [2.05, 4.69) is 12.1 Å². The molecular formula is C44H66N4O7S2. The number of piperidine rings is 2. The molecule has 0 bridgehead atoms. The lowest BCUT2D eigenvalue weighted by Crippen LogP contribution is -2.47. The summed E-state index contributed by atoms with van der Waals surface area (Å²) in [7, 11) is -2.49. The molecule has 2 aliphatic heterocycles. The highest BCUT2D eigenvalue weighted by molar-refractivity contribution is 7.85. The first-order valence-corrected chi connectivity index (χ1v) is 22.3. The van der Waals surface area contributed by atoms with Gasteiger partial charge in [-0.25, -0.2) is 18.0 Å². The Kier molecular flexibility index (Phi) is 14.2. The van der Waals surface area contributed by atoms with Gasteiger partial charge in [0, 0.05) is 48.1 Å². The summed E-state index contributed by atoms with van der Waals surface area (Å²) in [4.78, 5) is 40.8. The molecule has 0 radical (unpaired) electrons. The fraction of sp³-hybridized carbons (Fsp3) is 0.636. The highest BCUT2D eigenvalue weighted by atomic mass is 32.2. The first kappa shape index (κ1) is 46.3. The number of hydrogen-bond acceptors (Lipinski definition) is 7. The van der Waals surface area contributed by atoms with Gasteiger partial charge in [-0.05, 0) is 133 Å². The lowest BCUT2D eigenvalue weighted by Gasteiger charge is -2.40. The van der Waals surface area contributed by atoms with Crippen molar-refractivity contribution in [1.82, 2.24) is 9.80 Å². The van der Waals surface area contributed by atoms with Crippen molar-refractivity contribution in [3.8, 4) is 0 Å².